The van der Waals surface area contributed by atoms with Crippen molar-refractivity contribution in [1.29, 1.82) is 0 Å². The Hall–Kier alpha value is -3.23. The van der Waals surface area contributed by atoms with E-state index in [0.717, 1.165) is 0 Å². The first-order valence-corrected chi connectivity index (χ1v) is 7.30. The van der Waals surface area contributed by atoms with Crippen molar-refractivity contribution in [2.45, 2.75) is 18.9 Å². The lowest BCUT2D eigenvalue weighted by Crippen LogP contribution is -2.40. The van der Waals surface area contributed by atoms with E-state index < -0.39 is 16.9 Å². The molecule has 9 nitrogen and oxygen atoms in total. The summed E-state index contributed by atoms with van der Waals surface area (Å²) in [5.74, 6) is -1.39. The van der Waals surface area contributed by atoms with E-state index in [0.29, 0.717) is 25.1 Å². The number of amides is 1. The third kappa shape index (κ3) is 2.83. The molecule has 0 aliphatic carbocycles. The number of hydrogen-bond donors (Lipinski definition) is 1. The zero-order valence-electron chi connectivity index (χ0n) is 12.5. The van der Waals surface area contributed by atoms with E-state index >= 15 is 0 Å². The fourth-order valence-corrected chi connectivity index (χ4v) is 2.73. The van der Waals surface area contributed by atoms with E-state index in [2.05, 4.69) is 5.10 Å². The molecule has 24 heavy (non-hydrogen) atoms. The molecule has 3 rings (SSSR count). The maximum absolute atomic E-state index is 12.5. The quantitative estimate of drug-likeness (QED) is 0.670. The van der Waals surface area contributed by atoms with Crippen LogP contribution in [0.3, 0.4) is 0 Å². The summed E-state index contributed by atoms with van der Waals surface area (Å²) >= 11 is 0. The lowest BCUT2D eigenvalue weighted by atomic mass is 10.2. The summed E-state index contributed by atoms with van der Waals surface area (Å²) in [5, 5.41) is 23.9. The fourth-order valence-electron chi connectivity index (χ4n) is 2.73. The molecule has 124 valence electrons. The third-order valence-corrected chi connectivity index (χ3v) is 3.95. The van der Waals surface area contributed by atoms with E-state index in [1.54, 1.807) is 0 Å². The van der Waals surface area contributed by atoms with Gasteiger partial charge in [-0.2, -0.15) is 5.10 Å². The molecule has 0 radical (unpaired) electrons. The Morgan fingerprint density at radius 2 is 2.00 bits per heavy atom. The van der Waals surface area contributed by atoms with Crippen LogP contribution in [-0.2, 0) is 4.79 Å². The summed E-state index contributed by atoms with van der Waals surface area (Å²) in [4.78, 5) is 35.2. The number of aromatic nitrogens is 2. The van der Waals surface area contributed by atoms with Gasteiger partial charge in [0.15, 0.2) is 0 Å². The highest BCUT2D eigenvalue weighted by Gasteiger charge is 2.34. The summed E-state index contributed by atoms with van der Waals surface area (Å²) in [5.41, 5.74) is 0.806. The van der Waals surface area contributed by atoms with E-state index in [9.17, 15) is 19.7 Å². The number of aliphatic carboxylic acids is 1. The fraction of sp³-hybridized carbons (Fsp3) is 0.267. The summed E-state index contributed by atoms with van der Waals surface area (Å²) < 4.78 is 1.42. The molecule has 0 unspecified atom stereocenters. The largest absolute Gasteiger partial charge is 0.480 e. The number of carbonyl (C=O) groups excluding carboxylic acids is 1. The molecule has 2 heterocycles. The Labute approximate surface area is 136 Å². The summed E-state index contributed by atoms with van der Waals surface area (Å²) in [6.07, 6.45) is 3.94. The number of carboxylic acids is 1. The van der Waals surface area contributed by atoms with Crippen molar-refractivity contribution in [3.8, 4) is 5.69 Å². The first kappa shape index (κ1) is 15.7. The van der Waals surface area contributed by atoms with Crippen molar-refractivity contribution in [3.63, 3.8) is 0 Å². The standard InChI is InChI=1S/C15H14N4O5/c20-14(17-7-1-2-13(17)15(21)22)10-8-16-18(9-10)11-3-5-12(6-4-11)19(23)24/h3-6,8-9,13H,1-2,7H2,(H,21,22)/t13-/m0/s1. The van der Waals surface area contributed by atoms with Gasteiger partial charge in [-0.05, 0) is 25.0 Å². The highest BCUT2D eigenvalue weighted by molar-refractivity contribution is 5.96. The summed E-state index contributed by atoms with van der Waals surface area (Å²) in [6.45, 7) is 0.401. The van der Waals surface area contributed by atoms with Crippen LogP contribution in [0, 0.1) is 10.1 Å². The average Bonchev–Trinajstić information content (AvgIpc) is 3.24. The van der Waals surface area contributed by atoms with Gasteiger partial charge < -0.3 is 10.0 Å². The van der Waals surface area contributed by atoms with Gasteiger partial charge in [0.05, 0.1) is 22.4 Å². The van der Waals surface area contributed by atoms with Crippen LogP contribution in [0.25, 0.3) is 5.69 Å². The number of nitro groups is 1. The molecule has 1 aliphatic rings. The Morgan fingerprint density at radius 1 is 1.29 bits per heavy atom. The smallest absolute Gasteiger partial charge is 0.326 e. The van der Waals surface area contributed by atoms with Gasteiger partial charge in [0.2, 0.25) is 0 Å². The predicted octanol–water partition coefficient (Wildman–Crippen LogP) is 1.47. The van der Waals surface area contributed by atoms with Gasteiger partial charge in [-0.15, -0.1) is 0 Å². The Balaban J connectivity index is 1.81. The van der Waals surface area contributed by atoms with Crippen LogP contribution < -0.4 is 0 Å². The molecule has 1 atom stereocenters. The van der Waals surface area contributed by atoms with Crippen molar-refractivity contribution in [2.75, 3.05) is 6.54 Å². The van der Waals surface area contributed by atoms with Crippen molar-refractivity contribution < 1.29 is 19.6 Å². The number of nitro benzene ring substituents is 1. The maximum Gasteiger partial charge on any atom is 0.326 e. The molecule has 1 N–H and O–H groups in total. The molecule has 2 aromatic rings. The average molecular weight is 330 g/mol. The molecule has 1 fully saturated rings. The monoisotopic (exact) mass is 330 g/mol. The number of carboxylic acid groups (broad SMARTS) is 1. The second kappa shape index (κ2) is 6.11. The SMILES string of the molecule is O=C(O)[C@@H]1CCCN1C(=O)c1cnn(-c2ccc([N+](=O)[O-])cc2)c1. The molecule has 1 aromatic carbocycles. The molecule has 9 heteroatoms. The predicted molar refractivity (Wildman–Crippen MR) is 81.9 cm³/mol. The minimum atomic E-state index is -1.01. The van der Waals surface area contributed by atoms with Crippen molar-refractivity contribution in [2.24, 2.45) is 0 Å². The van der Waals surface area contributed by atoms with Gasteiger partial charge in [-0.1, -0.05) is 0 Å². The molecule has 0 bridgehead atoms. The second-order valence-electron chi connectivity index (χ2n) is 5.44. The first-order chi connectivity index (χ1) is 11.5. The molecular formula is C15H14N4O5. The van der Waals surface area contributed by atoms with Crippen LogP contribution in [0.4, 0.5) is 5.69 Å². The van der Waals surface area contributed by atoms with E-state index in [-0.39, 0.29) is 17.2 Å². The van der Waals surface area contributed by atoms with E-state index in [1.165, 1.54) is 46.2 Å². The van der Waals surface area contributed by atoms with Crippen molar-refractivity contribution in [1.82, 2.24) is 14.7 Å². The van der Waals surface area contributed by atoms with Crippen molar-refractivity contribution in [3.05, 3.63) is 52.3 Å². The number of benzene rings is 1. The molecule has 1 aromatic heterocycles. The Morgan fingerprint density at radius 3 is 2.62 bits per heavy atom. The molecule has 1 aliphatic heterocycles. The zero-order valence-corrected chi connectivity index (χ0v) is 12.5. The topological polar surface area (TPSA) is 119 Å². The van der Waals surface area contributed by atoms with E-state index in [1.807, 2.05) is 0 Å². The summed E-state index contributed by atoms with van der Waals surface area (Å²) in [6, 6.07) is 4.93. The number of nitrogens with zero attached hydrogens (tertiary/aromatic N) is 4. The van der Waals surface area contributed by atoms with Crippen LogP contribution in [0.2, 0.25) is 0 Å². The lowest BCUT2D eigenvalue weighted by molar-refractivity contribution is -0.384. The molecule has 1 saturated heterocycles. The maximum atomic E-state index is 12.5. The van der Waals surface area contributed by atoms with Crippen LogP contribution in [-0.4, -0.2) is 49.2 Å². The third-order valence-electron chi connectivity index (χ3n) is 3.95. The Bertz CT molecular complexity index is 798. The number of likely N-dealkylation sites (tertiary alicyclic amines) is 1. The van der Waals surface area contributed by atoms with Gasteiger partial charge in [0, 0.05) is 24.9 Å². The lowest BCUT2D eigenvalue weighted by Gasteiger charge is -2.20. The van der Waals surface area contributed by atoms with Crippen molar-refractivity contribution >= 4 is 17.6 Å². The highest BCUT2D eigenvalue weighted by Crippen LogP contribution is 2.21. The minimum absolute atomic E-state index is 0.0384. The van der Waals surface area contributed by atoms with Gasteiger partial charge in [0.1, 0.15) is 6.04 Å². The Kier molecular flexibility index (Phi) is 3.98. The first-order valence-electron chi connectivity index (χ1n) is 7.30. The van der Waals surface area contributed by atoms with Crippen LogP contribution >= 0.6 is 0 Å². The van der Waals surface area contributed by atoms with Gasteiger partial charge in [-0.3, -0.25) is 14.9 Å². The number of non-ortho nitro benzene ring substituents is 1. The van der Waals surface area contributed by atoms with Crippen LogP contribution in [0.15, 0.2) is 36.7 Å². The molecular weight excluding hydrogens is 316 g/mol. The van der Waals surface area contributed by atoms with E-state index in [4.69, 9.17) is 5.11 Å². The van der Waals surface area contributed by atoms with Gasteiger partial charge in [0.25, 0.3) is 11.6 Å². The van der Waals surface area contributed by atoms with Crippen LogP contribution in [0.1, 0.15) is 23.2 Å². The summed E-state index contributed by atoms with van der Waals surface area (Å²) in [7, 11) is 0. The molecule has 0 saturated carbocycles. The minimum Gasteiger partial charge on any atom is -0.480 e. The zero-order chi connectivity index (χ0) is 17.3. The highest BCUT2D eigenvalue weighted by atomic mass is 16.6. The normalized spacial score (nSPS) is 17.0. The number of carbonyl (C=O) groups is 2. The molecule has 1 amide bonds. The number of rotatable bonds is 4. The molecule has 0 spiro atoms. The number of hydrogen-bond acceptors (Lipinski definition) is 5. The van der Waals surface area contributed by atoms with Gasteiger partial charge in [-0.25, -0.2) is 9.48 Å². The van der Waals surface area contributed by atoms with Crippen LogP contribution in [0.5, 0.6) is 0 Å². The second-order valence-corrected chi connectivity index (χ2v) is 5.44. The van der Waals surface area contributed by atoms with Gasteiger partial charge >= 0.3 is 5.97 Å².